The standard InChI is InChI=1S/C25H22O7S/c26-24(27)25(31-22-11-5-9-20-19-8-4-10-21(19)30-23(20)22)32-33(28,29)18-14-12-17(13-15-18)16-6-2-1-3-7-16/h1-3,5-7,9,11-15,19,21,25H,4,8,10H2,(H,26,27). The lowest BCUT2D eigenvalue weighted by molar-refractivity contribution is -0.158. The maximum Gasteiger partial charge on any atom is 0.375 e. The summed E-state index contributed by atoms with van der Waals surface area (Å²) in [6.45, 7) is 0. The molecule has 0 saturated heterocycles. The van der Waals surface area contributed by atoms with Gasteiger partial charge in [0.1, 0.15) is 6.10 Å². The molecule has 3 aromatic carbocycles. The van der Waals surface area contributed by atoms with Crippen LogP contribution in [-0.4, -0.2) is 31.9 Å². The number of para-hydroxylation sites is 1. The Hall–Kier alpha value is -3.36. The molecule has 0 aromatic heterocycles. The van der Waals surface area contributed by atoms with Crippen molar-refractivity contribution >= 4 is 16.1 Å². The number of fused-ring (bicyclic) bond motifs is 3. The quantitative estimate of drug-likeness (QED) is 0.402. The molecule has 7 nitrogen and oxygen atoms in total. The van der Waals surface area contributed by atoms with E-state index in [9.17, 15) is 18.3 Å². The summed E-state index contributed by atoms with van der Waals surface area (Å²) in [6, 6.07) is 20.7. The van der Waals surface area contributed by atoms with Gasteiger partial charge in [-0.25, -0.2) is 8.98 Å². The van der Waals surface area contributed by atoms with Crippen LogP contribution in [0.25, 0.3) is 11.1 Å². The number of benzene rings is 3. The van der Waals surface area contributed by atoms with E-state index in [1.54, 1.807) is 24.3 Å². The third-order valence-corrected chi connectivity index (χ3v) is 7.31. The fraction of sp³-hybridized carbons (Fsp3) is 0.240. The van der Waals surface area contributed by atoms with Gasteiger partial charge >= 0.3 is 22.4 Å². The molecule has 1 N–H and O–H groups in total. The van der Waals surface area contributed by atoms with Gasteiger partial charge in [-0.1, -0.05) is 54.6 Å². The second-order valence-corrected chi connectivity index (χ2v) is 9.67. The SMILES string of the molecule is O=C(O)C(Oc1cccc2c1OC1CCCC21)OS(=O)(=O)c1ccc(-c2ccccc2)cc1. The van der Waals surface area contributed by atoms with E-state index in [4.69, 9.17) is 13.7 Å². The van der Waals surface area contributed by atoms with Crippen molar-refractivity contribution in [3.63, 3.8) is 0 Å². The smallest absolute Gasteiger partial charge is 0.375 e. The van der Waals surface area contributed by atoms with Crippen LogP contribution in [0.4, 0.5) is 0 Å². The molecule has 1 fully saturated rings. The number of carboxylic acids is 1. The largest absolute Gasteiger partial charge is 0.486 e. The van der Waals surface area contributed by atoms with Crippen molar-refractivity contribution < 1.29 is 32.0 Å². The van der Waals surface area contributed by atoms with Crippen molar-refractivity contribution in [2.45, 2.75) is 42.5 Å². The second kappa shape index (κ2) is 8.53. The van der Waals surface area contributed by atoms with E-state index in [-0.39, 0.29) is 22.7 Å². The van der Waals surface area contributed by atoms with Crippen molar-refractivity contribution in [3.05, 3.63) is 78.4 Å². The van der Waals surface area contributed by atoms with Gasteiger partial charge in [-0.3, -0.25) is 0 Å². The van der Waals surface area contributed by atoms with Gasteiger partial charge in [0.25, 0.3) is 0 Å². The van der Waals surface area contributed by atoms with Crippen molar-refractivity contribution in [3.8, 4) is 22.6 Å². The minimum atomic E-state index is -4.40. The van der Waals surface area contributed by atoms with E-state index >= 15 is 0 Å². The number of rotatable bonds is 7. The second-order valence-electron chi connectivity index (χ2n) is 8.10. The van der Waals surface area contributed by atoms with Gasteiger partial charge < -0.3 is 14.6 Å². The van der Waals surface area contributed by atoms with Crippen LogP contribution in [0.1, 0.15) is 30.7 Å². The predicted molar refractivity (Wildman–Crippen MR) is 120 cm³/mol. The van der Waals surface area contributed by atoms with E-state index < -0.39 is 22.4 Å². The Morgan fingerprint density at radius 3 is 2.39 bits per heavy atom. The first-order valence-electron chi connectivity index (χ1n) is 10.7. The lowest BCUT2D eigenvalue weighted by atomic mass is 9.97. The van der Waals surface area contributed by atoms with Crippen LogP contribution in [0.2, 0.25) is 0 Å². The van der Waals surface area contributed by atoms with E-state index in [2.05, 4.69) is 0 Å². The van der Waals surface area contributed by atoms with Crippen LogP contribution in [-0.2, 0) is 19.1 Å². The minimum absolute atomic E-state index is 0.0424. The molecule has 1 heterocycles. The van der Waals surface area contributed by atoms with E-state index in [1.807, 2.05) is 36.4 Å². The van der Waals surface area contributed by atoms with Gasteiger partial charge in [0.15, 0.2) is 11.5 Å². The Kier molecular flexibility index (Phi) is 5.55. The van der Waals surface area contributed by atoms with Crippen LogP contribution >= 0.6 is 0 Å². The van der Waals surface area contributed by atoms with Crippen molar-refractivity contribution in [1.29, 1.82) is 0 Å². The normalized spacial score (nSPS) is 19.9. The van der Waals surface area contributed by atoms with Gasteiger partial charge in [0.05, 0.1) is 4.90 Å². The molecule has 0 spiro atoms. The highest BCUT2D eigenvalue weighted by atomic mass is 32.2. The highest BCUT2D eigenvalue weighted by Gasteiger charge is 2.40. The summed E-state index contributed by atoms with van der Waals surface area (Å²) in [5.74, 6) is -0.689. The molecule has 33 heavy (non-hydrogen) atoms. The zero-order valence-corrected chi connectivity index (χ0v) is 18.4. The average Bonchev–Trinajstić information content (AvgIpc) is 3.41. The summed E-state index contributed by atoms with van der Waals surface area (Å²) in [5.41, 5.74) is 2.71. The molecule has 5 rings (SSSR count). The van der Waals surface area contributed by atoms with E-state index in [0.29, 0.717) is 5.75 Å². The number of hydrogen-bond donors (Lipinski definition) is 1. The molecule has 0 amide bonds. The highest BCUT2D eigenvalue weighted by Crippen LogP contribution is 2.50. The Balaban J connectivity index is 1.36. The maximum atomic E-state index is 12.8. The summed E-state index contributed by atoms with van der Waals surface area (Å²) in [6.07, 6.45) is 0.973. The molecule has 0 radical (unpaired) electrons. The lowest BCUT2D eigenvalue weighted by Crippen LogP contribution is -2.32. The van der Waals surface area contributed by atoms with Crippen LogP contribution < -0.4 is 9.47 Å². The van der Waals surface area contributed by atoms with Crippen LogP contribution in [0, 0.1) is 0 Å². The molecule has 1 saturated carbocycles. The number of hydrogen-bond acceptors (Lipinski definition) is 6. The molecule has 3 atom stereocenters. The number of carboxylic acid groups (broad SMARTS) is 1. The molecule has 170 valence electrons. The van der Waals surface area contributed by atoms with Crippen molar-refractivity contribution in [1.82, 2.24) is 0 Å². The van der Waals surface area contributed by atoms with Crippen LogP contribution in [0.3, 0.4) is 0 Å². The van der Waals surface area contributed by atoms with Crippen molar-refractivity contribution in [2.75, 3.05) is 0 Å². The summed E-state index contributed by atoms with van der Waals surface area (Å²) in [4.78, 5) is 11.6. The van der Waals surface area contributed by atoms with Crippen LogP contribution in [0.15, 0.2) is 77.7 Å². The first-order valence-corrected chi connectivity index (χ1v) is 12.1. The first kappa shape index (κ1) is 21.5. The van der Waals surface area contributed by atoms with Gasteiger partial charge in [-0.2, -0.15) is 8.42 Å². The molecule has 2 aliphatic rings. The van der Waals surface area contributed by atoms with Gasteiger partial charge in [-0.15, -0.1) is 0 Å². The molecular weight excluding hydrogens is 444 g/mol. The van der Waals surface area contributed by atoms with Crippen molar-refractivity contribution in [2.24, 2.45) is 0 Å². The van der Waals surface area contributed by atoms with Crippen LogP contribution in [0.5, 0.6) is 11.5 Å². The number of aliphatic carboxylic acids is 1. The summed E-state index contributed by atoms with van der Waals surface area (Å²) >= 11 is 0. The van der Waals surface area contributed by atoms with E-state index in [0.717, 1.165) is 36.0 Å². The highest BCUT2D eigenvalue weighted by molar-refractivity contribution is 7.86. The van der Waals surface area contributed by atoms with Gasteiger partial charge in [0.2, 0.25) is 0 Å². The van der Waals surface area contributed by atoms with Gasteiger partial charge in [-0.05, 0) is 48.6 Å². The number of ether oxygens (including phenoxy) is 2. The molecular formula is C25H22O7S. The monoisotopic (exact) mass is 466 g/mol. The summed E-state index contributed by atoms with van der Waals surface area (Å²) in [7, 11) is -4.40. The van der Waals surface area contributed by atoms with Gasteiger partial charge in [0, 0.05) is 11.5 Å². The molecule has 3 unspecified atom stereocenters. The Labute approximate surface area is 191 Å². The number of carbonyl (C=O) groups is 1. The third-order valence-electron chi connectivity index (χ3n) is 6.03. The molecule has 1 aliphatic heterocycles. The third kappa shape index (κ3) is 4.19. The molecule has 3 aromatic rings. The lowest BCUT2D eigenvalue weighted by Gasteiger charge is -2.18. The zero-order chi connectivity index (χ0) is 23.0. The summed E-state index contributed by atoms with van der Waals surface area (Å²) in [5, 5.41) is 9.59. The Bertz CT molecular complexity index is 1270. The molecule has 1 aliphatic carbocycles. The Morgan fingerprint density at radius 1 is 0.939 bits per heavy atom. The average molecular weight is 467 g/mol. The maximum absolute atomic E-state index is 12.8. The molecule has 8 heteroatoms. The zero-order valence-electron chi connectivity index (χ0n) is 17.6. The first-order chi connectivity index (χ1) is 15.9. The topological polar surface area (TPSA) is 99.1 Å². The predicted octanol–water partition coefficient (Wildman–Crippen LogP) is 4.58. The minimum Gasteiger partial charge on any atom is -0.486 e. The Morgan fingerprint density at radius 2 is 1.67 bits per heavy atom. The fourth-order valence-electron chi connectivity index (χ4n) is 4.46. The summed E-state index contributed by atoms with van der Waals surface area (Å²) < 4.78 is 42.0. The fourth-order valence-corrected chi connectivity index (χ4v) is 5.39. The van der Waals surface area contributed by atoms with E-state index in [1.165, 1.54) is 12.1 Å². The molecule has 0 bridgehead atoms.